The molecule has 0 fully saturated rings. The van der Waals surface area contributed by atoms with E-state index in [1.54, 1.807) is 0 Å². The summed E-state index contributed by atoms with van der Waals surface area (Å²) in [5.74, 6) is 0.734. The molecule has 1 heterocycles. The van der Waals surface area contributed by atoms with Crippen molar-refractivity contribution >= 4 is 27.3 Å². The summed E-state index contributed by atoms with van der Waals surface area (Å²) < 4.78 is 2.88. The van der Waals surface area contributed by atoms with E-state index in [9.17, 15) is 0 Å². The molecular weight excluding hydrogens is 452 g/mol. The van der Waals surface area contributed by atoms with Crippen molar-refractivity contribution in [1.82, 2.24) is 20.2 Å². The maximum absolute atomic E-state index is 4.44. The van der Waals surface area contributed by atoms with E-state index < -0.39 is 0 Å². The molecule has 0 spiro atoms. The third-order valence-electron chi connectivity index (χ3n) is 5.30. The second-order valence-electron chi connectivity index (χ2n) is 7.76. The molecule has 0 aliphatic carbocycles. The van der Waals surface area contributed by atoms with Crippen LogP contribution in [0.15, 0.2) is 71.2 Å². The lowest BCUT2D eigenvalue weighted by Crippen LogP contribution is -2.19. The van der Waals surface area contributed by atoms with E-state index in [0.29, 0.717) is 0 Å². The molecule has 1 aromatic heterocycles. The highest BCUT2D eigenvalue weighted by Crippen LogP contribution is 2.30. The van der Waals surface area contributed by atoms with Gasteiger partial charge < -0.3 is 10.2 Å². The van der Waals surface area contributed by atoms with Gasteiger partial charge in [0.1, 0.15) is 6.04 Å². The van der Waals surface area contributed by atoms with Crippen molar-refractivity contribution in [2.75, 3.05) is 24.3 Å². The van der Waals surface area contributed by atoms with E-state index in [1.807, 2.05) is 43.0 Å². The zero-order chi connectivity index (χ0) is 22.0. The van der Waals surface area contributed by atoms with Gasteiger partial charge in [0, 0.05) is 29.9 Å². The molecule has 7 heteroatoms. The van der Waals surface area contributed by atoms with Gasteiger partial charge in [-0.25, -0.2) is 0 Å². The number of anilines is 2. The minimum Gasteiger partial charge on any atom is -0.378 e. The van der Waals surface area contributed by atoms with Gasteiger partial charge in [0.2, 0.25) is 0 Å². The van der Waals surface area contributed by atoms with Gasteiger partial charge in [-0.2, -0.15) is 4.68 Å². The summed E-state index contributed by atoms with van der Waals surface area (Å²) >= 11 is 3.51. The second kappa shape index (κ2) is 8.89. The number of benzene rings is 3. The van der Waals surface area contributed by atoms with Gasteiger partial charge in [0.05, 0.1) is 5.69 Å². The third-order valence-corrected chi connectivity index (χ3v) is 5.83. The van der Waals surface area contributed by atoms with Crippen molar-refractivity contribution in [3.63, 3.8) is 0 Å². The van der Waals surface area contributed by atoms with Crippen molar-refractivity contribution in [2.24, 2.45) is 0 Å². The molecule has 0 amide bonds. The van der Waals surface area contributed by atoms with Crippen LogP contribution < -0.4 is 10.2 Å². The highest BCUT2D eigenvalue weighted by atomic mass is 79.9. The molecule has 0 saturated carbocycles. The Morgan fingerprint density at radius 2 is 1.55 bits per heavy atom. The van der Waals surface area contributed by atoms with Crippen LogP contribution in [0.25, 0.3) is 5.69 Å². The Morgan fingerprint density at radius 1 is 0.903 bits per heavy atom. The van der Waals surface area contributed by atoms with E-state index >= 15 is 0 Å². The van der Waals surface area contributed by atoms with Gasteiger partial charge in [0.15, 0.2) is 5.82 Å². The van der Waals surface area contributed by atoms with Gasteiger partial charge in [-0.15, -0.1) is 5.10 Å². The normalized spacial score (nSPS) is 11.9. The molecule has 0 saturated heterocycles. The van der Waals surface area contributed by atoms with Crippen LogP contribution in [-0.2, 0) is 0 Å². The SMILES string of the molecule is Cc1cccc(C)c1-n1nnnc1[C@@H](Nc1ccc(Br)cc1)c1ccc(N(C)C)cc1. The smallest absolute Gasteiger partial charge is 0.183 e. The van der Waals surface area contributed by atoms with Crippen LogP contribution in [0.4, 0.5) is 11.4 Å². The predicted octanol–water partition coefficient (Wildman–Crippen LogP) is 5.31. The Hall–Kier alpha value is -3.19. The molecule has 0 aliphatic rings. The molecule has 0 radical (unpaired) electrons. The lowest BCUT2D eigenvalue weighted by Gasteiger charge is -2.22. The van der Waals surface area contributed by atoms with Crippen LogP contribution >= 0.6 is 15.9 Å². The second-order valence-corrected chi connectivity index (χ2v) is 8.68. The lowest BCUT2D eigenvalue weighted by molar-refractivity contribution is 0.731. The average molecular weight is 477 g/mol. The largest absolute Gasteiger partial charge is 0.378 e. The minimum atomic E-state index is -0.230. The van der Waals surface area contributed by atoms with Crippen LogP contribution in [0.5, 0.6) is 0 Å². The number of aryl methyl sites for hydroxylation is 2. The van der Waals surface area contributed by atoms with Crippen molar-refractivity contribution < 1.29 is 0 Å². The standard InChI is InChI=1S/C24H25BrN6/c1-16-6-5-7-17(2)23(16)31-24(27-28-29-31)22(26-20-12-10-19(25)11-13-20)18-8-14-21(15-9-18)30(3)4/h5-15,22,26H,1-4H3/t22-/m0/s1. The monoisotopic (exact) mass is 476 g/mol. The Morgan fingerprint density at radius 3 is 2.16 bits per heavy atom. The summed E-state index contributed by atoms with van der Waals surface area (Å²) in [6.07, 6.45) is 0. The maximum atomic E-state index is 4.44. The number of halogens is 1. The number of hydrogen-bond acceptors (Lipinski definition) is 5. The topological polar surface area (TPSA) is 58.9 Å². The molecule has 6 nitrogen and oxygen atoms in total. The number of aromatic nitrogens is 4. The highest BCUT2D eigenvalue weighted by molar-refractivity contribution is 9.10. The third kappa shape index (κ3) is 4.46. The fourth-order valence-electron chi connectivity index (χ4n) is 3.65. The molecule has 0 unspecified atom stereocenters. The van der Waals surface area contributed by atoms with Crippen molar-refractivity contribution in [3.8, 4) is 5.69 Å². The zero-order valence-corrected chi connectivity index (χ0v) is 19.6. The number of tetrazole rings is 1. The summed E-state index contributed by atoms with van der Waals surface area (Å²) in [7, 11) is 4.07. The average Bonchev–Trinajstić information content (AvgIpc) is 3.22. The number of nitrogens with zero attached hydrogens (tertiary/aromatic N) is 5. The van der Waals surface area contributed by atoms with Gasteiger partial charge in [0.25, 0.3) is 0 Å². The van der Waals surface area contributed by atoms with Gasteiger partial charge in [-0.05, 0) is 77.4 Å². The van der Waals surface area contributed by atoms with E-state index in [2.05, 4.69) is 98.0 Å². The van der Waals surface area contributed by atoms with Crippen LogP contribution in [-0.4, -0.2) is 34.3 Å². The van der Waals surface area contributed by atoms with Gasteiger partial charge in [-0.3, -0.25) is 0 Å². The van der Waals surface area contributed by atoms with Crippen molar-refractivity contribution in [1.29, 1.82) is 0 Å². The fraction of sp³-hybridized carbons (Fsp3) is 0.208. The molecule has 158 valence electrons. The Labute approximate surface area is 191 Å². The van der Waals surface area contributed by atoms with E-state index in [0.717, 1.165) is 44.0 Å². The number of nitrogens with one attached hydrogen (secondary N) is 1. The van der Waals surface area contributed by atoms with Crippen molar-refractivity contribution in [2.45, 2.75) is 19.9 Å². The highest BCUT2D eigenvalue weighted by Gasteiger charge is 2.24. The molecule has 3 aromatic carbocycles. The lowest BCUT2D eigenvalue weighted by atomic mass is 10.0. The van der Waals surface area contributed by atoms with Crippen LogP contribution in [0.1, 0.15) is 28.6 Å². The molecule has 4 rings (SSSR count). The molecule has 0 bridgehead atoms. The van der Waals surface area contributed by atoms with E-state index in [-0.39, 0.29) is 6.04 Å². The first-order valence-corrected chi connectivity index (χ1v) is 10.9. The van der Waals surface area contributed by atoms with Crippen LogP contribution in [0.3, 0.4) is 0 Å². The van der Waals surface area contributed by atoms with Gasteiger partial charge >= 0.3 is 0 Å². The first-order valence-electron chi connectivity index (χ1n) is 10.1. The van der Waals surface area contributed by atoms with Crippen LogP contribution in [0.2, 0.25) is 0 Å². The first kappa shape index (κ1) is 21.1. The summed E-state index contributed by atoms with van der Waals surface area (Å²) in [5.41, 5.74) is 6.46. The zero-order valence-electron chi connectivity index (χ0n) is 18.0. The van der Waals surface area contributed by atoms with E-state index in [4.69, 9.17) is 0 Å². The minimum absolute atomic E-state index is 0.230. The van der Waals surface area contributed by atoms with Crippen molar-refractivity contribution in [3.05, 3.63) is 93.7 Å². The summed E-state index contributed by atoms with van der Waals surface area (Å²) in [6, 6.07) is 22.6. The Balaban J connectivity index is 1.82. The summed E-state index contributed by atoms with van der Waals surface area (Å²) in [5, 5.41) is 16.5. The summed E-state index contributed by atoms with van der Waals surface area (Å²) in [4.78, 5) is 2.09. The number of hydrogen-bond donors (Lipinski definition) is 1. The molecular formula is C24H25BrN6. The van der Waals surface area contributed by atoms with E-state index in [1.165, 1.54) is 0 Å². The fourth-order valence-corrected chi connectivity index (χ4v) is 3.91. The number of para-hydroxylation sites is 1. The molecule has 1 N–H and O–H groups in total. The predicted molar refractivity (Wildman–Crippen MR) is 129 cm³/mol. The summed E-state index contributed by atoms with van der Waals surface area (Å²) in [6.45, 7) is 4.16. The maximum Gasteiger partial charge on any atom is 0.183 e. The molecule has 4 aromatic rings. The first-order chi connectivity index (χ1) is 14.9. The molecule has 1 atom stereocenters. The molecule has 0 aliphatic heterocycles. The Bertz CT molecular complexity index is 1150. The molecule has 31 heavy (non-hydrogen) atoms. The van der Waals surface area contributed by atoms with Crippen LogP contribution in [0, 0.1) is 13.8 Å². The number of rotatable bonds is 6. The van der Waals surface area contributed by atoms with Gasteiger partial charge in [-0.1, -0.05) is 46.3 Å². The quantitative estimate of drug-likeness (QED) is 0.408. The Kier molecular flexibility index (Phi) is 6.04.